The summed E-state index contributed by atoms with van der Waals surface area (Å²) in [5.74, 6) is 0.426. The second kappa shape index (κ2) is 9.75. The van der Waals surface area contributed by atoms with Crippen LogP contribution in [0.3, 0.4) is 0 Å². The van der Waals surface area contributed by atoms with Gasteiger partial charge < -0.3 is 5.32 Å². The Morgan fingerprint density at radius 1 is 1.13 bits per heavy atom. The molecule has 2 rings (SSSR count). The van der Waals surface area contributed by atoms with Crippen molar-refractivity contribution in [2.24, 2.45) is 5.92 Å². The van der Waals surface area contributed by atoms with Crippen LogP contribution in [0.25, 0.3) is 0 Å². The highest BCUT2D eigenvalue weighted by Crippen LogP contribution is 2.25. The highest BCUT2D eigenvalue weighted by Gasteiger charge is 2.25. The summed E-state index contributed by atoms with van der Waals surface area (Å²) in [6, 6.07) is 8.87. The lowest BCUT2D eigenvalue weighted by Crippen LogP contribution is -2.39. The van der Waals surface area contributed by atoms with Crippen LogP contribution in [0.15, 0.2) is 24.3 Å². The van der Waals surface area contributed by atoms with E-state index < -0.39 is 0 Å². The van der Waals surface area contributed by atoms with Gasteiger partial charge in [-0.1, -0.05) is 69.7 Å². The number of carbonyl (C=O) groups excluding carboxylic acids is 1. The minimum atomic E-state index is 0.164. The van der Waals surface area contributed by atoms with Crippen LogP contribution in [0.1, 0.15) is 76.3 Å². The van der Waals surface area contributed by atoms with Crippen molar-refractivity contribution in [1.82, 2.24) is 5.32 Å². The van der Waals surface area contributed by atoms with Gasteiger partial charge in [-0.2, -0.15) is 0 Å². The molecular formula is C21H33NO. The maximum Gasteiger partial charge on any atom is 0.223 e. The average molecular weight is 316 g/mol. The quantitative estimate of drug-likeness (QED) is 0.635. The topological polar surface area (TPSA) is 29.1 Å². The summed E-state index contributed by atoms with van der Waals surface area (Å²) in [7, 11) is 0. The van der Waals surface area contributed by atoms with E-state index in [4.69, 9.17) is 0 Å². The van der Waals surface area contributed by atoms with E-state index in [1.165, 1.54) is 49.7 Å². The van der Waals surface area contributed by atoms with E-state index in [2.05, 4.69) is 43.4 Å². The highest BCUT2D eigenvalue weighted by atomic mass is 16.1. The molecular weight excluding hydrogens is 282 g/mol. The molecule has 2 atom stereocenters. The Morgan fingerprint density at radius 2 is 1.83 bits per heavy atom. The van der Waals surface area contributed by atoms with Crippen molar-refractivity contribution >= 4 is 5.91 Å². The van der Waals surface area contributed by atoms with Crippen molar-refractivity contribution in [2.45, 2.75) is 84.1 Å². The Hall–Kier alpha value is -1.31. The first-order valence-electron chi connectivity index (χ1n) is 9.58. The molecule has 2 unspecified atom stereocenters. The van der Waals surface area contributed by atoms with Crippen molar-refractivity contribution in [2.75, 3.05) is 0 Å². The number of benzene rings is 1. The predicted octanol–water partition coefficient (Wildman–Crippen LogP) is 5.05. The van der Waals surface area contributed by atoms with Crippen LogP contribution in [0, 0.1) is 5.92 Å². The lowest BCUT2D eigenvalue weighted by atomic mass is 9.83. The standard InChI is InChI=1S/C21H33NO/c1-3-4-5-6-7-8-11-17(2)22-21(23)20-15-14-18-12-9-10-13-19(18)16-20/h9-10,12-13,17,20H,3-8,11,14-16H2,1-2H3,(H,22,23). The summed E-state index contributed by atoms with van der Waals surface area (Å²) >= 11 is 0. The molecule has 1 aromatic rings. The van der Waals surface area contributed by atoms with Gasteiger partial charge in [-0.25, -0.2) is 0 Å². The third kappa shape index (κ3) is 6.01. The second-order valence-electron chi connectivity index (χ2n) is 7.17. The molecule has 0 saturated heterocycles. The van der Waals surface area contributed by atoms with E-state index in [-0.39, 0.29) is 11.8 Å². The molecule has 0 fully saturated rings. The summed E-state index contributed by atoms with van der Waals surface area (Å²) < 4.78 is 0. The van der Waals surface area contributed by atoms with Crippen molar-refractivity contribution < 1.29 is 4.79 Å². The summed E-state index contributed by atoms with van der Waals surface area (Å²) in [5, 5.41) is 3.24. The molecule has 0 spiro atoms. The zero-order valence-electron chi connectivity index (χ0n) is 14.9. The molecule has 0 aliphatic heterocycles. The molecule has 2 nitrogen and oxygen atoms in total. The Kier molecular flexibility index (Phi) is 7.64. The summed E-state index contributed by atoms with van der Waals surface area (Å²) in [5.41, 5.74) is 2.79. The fourth-order valence-corrected chi connectivity index (χ4v) is 3.59. The van der Waals surface area contributed by atoms with E-state index in [1.54, 1.807) is 0 Å². The number of fused-ring (bicyclic) bond motifs is 1. The molecule has 1 aliphatic carbocycles. The lowest BCUT2D eigenvalue weighted by molar-refractivity contribution is -0.126. The van der Waals surface area contributed by atoms with Gasteiger partial charge in [-0.05, 0) is 43.7 Å². The molecule has 0 bridgehead atoms. The predicted molar refractivity (Wildman–Crippen MR) is 97.6 cm³/mol. The summed E-state index contributed by atoms with van der Waals surface area (Å²) in [4.78, 5) is 12.5. The number of unbranched alkanes of at least 4 members (excludes halogenated alkanes) is 5. The molecule has 1 amide bonds. The third-order valence-electron chi connectivity index (χ3n) is 5.10. The molecule has 1 aliphatic rings. The Balaban J connectivity index is 1.66. The molecule has 0 aromatic heterocycles. The molecule has 1 N–H and O–H groups in total. The number of hydrogen-bond donors (Lipinski definition) is 1. The number of hydrogen-bond acceptors (Lipinski definition) is 1. The van der Waals surface area contributed by atoms with Gasteiger partial charge in [0.15, 0.2) is 0 Å². The molecule has 128 valence electrons. The van der Waals surface area contributed by atoms with Crippen molar-refractivity contribution in [3.63, 3.8) is 0 Å². The Bertz CT molecular complexity index is 482. The minimum absolute atomic E-state index is 0.164. The molecule has 0 heterocycles. The Labute approximate surface area is 142 Å². The van der Waals surface area contributed by atoms with Crippen LogP contribution in [0.4, 0.5) is 0 Å². The van der Waals surface area contributed by atoms with Crippen molar-refractivity contribution in [1.29, 1.82) is 0 Å². The third-order valence-corrected chi connectivity index (χ3v) is 5.10. The van der Waals surface area contributed by atoms with E-state index in [0.717, 1.165) is 25.7 Å². The summed E-state index contributed by atoms with van der Waals surface area (Å²) in [6.45, 7) is 4.40. The van der Waals surface area contributed by atoms with Crippen LogP contribution < -0.4 is 5.32 Å². The fourth-order valence-electron chi connectivity index (χ4n) is 3.59. The maximum atomic E-state index is 12.5. The van der Waals surface area contributed by atoms with Crippen LogP contribution in [0.2, 0.25) is 0 Å². The fraction of sp³-hybridized carbons (Fsp3) is 0.667. The second-order valence-corrected chi connectivity index (χ2v) is 7.17. The van der Waals surface area contributed by atoms with Gasteiger partial charge in [0.05, 0.1) is 0 Å². The van der Waals surface area contributed by atoms with Crippen LogP contribution >= 0.6 is 0 Å². The van der Waals surface area contributed by atoms with Crippen LogP contribution in [-0.4, -0.2) is 11.9 Å². The van der Waals surface area contributed by atoms with Crippen LogP contribution in [0.5, 0.6) is 0 Å². The van der Waals surface area contributed by atoms with E-state index in [0.29, 0.717) is 6.04 Å². The monoisotopic (exact) mass is 315 g/mol. The normalized spacial score (nSPS) is 18.3. The number of carbonyl (C=O) groups is 1. The number of amides is 1. The zero-order valence-corrected chi connectivity index (χ0v) is 14.9. The summed E-state index contributed by atoms with van der Waals surface area (Å²) in [6.07, 6.45) is 12.0. The van der Waals surface area contributed by atoms with Gasteiger partial charge in [0.25, 0.3) is 0 Å². The maximum absolute atomic E-state index is 12.5. The first kappa shape index (κ1) is 18.0. The highest BCUT2D eigenvalue weighted by molar-refractivity contribution is 5.79. The van der Waals surface area contributed by atoms with E-state index >= 15 is 0 Å². The number of aryl methyl sites for hydroxylation is 1. The van der Waals surface area contributed by atoms with E-state index in [1.807, 2.05) is 0 Å². The van der Waals surface area contributed by atoms with E-state index in [9.17, 15) is 4.79 Å². The largest absolute Gasteiger partial charge is 0.353 e. The molecule has 0 radical (unpaired) electrons. The SMILES string of the molecule is CCCCCCCCC(C)NC(=O)C1CCc2ccccc2C1. The van der Waals surface area contributed by atoms with Gasteiger partial charge >= 0.3 is 0 Å². The number of rotatable bonds is 9. The van der Waals surface area contributed by atoms with Gasteiger partial charge in [-0.15, -0.1) is 0 Å². The first-order valence-corrected chi connectivity index (χ1v) is 9.58. The lowest BCUT2D eigenvalue weighted by Gasteiger charge is -2.25. The molecule has 23 heavy (non-hydrogen) atoms. The molecule has 0 saturated carbocycles. The van der Waals surface area contributed by atoms with Crippen LogP contribution in [-0.2, 0) is 17.6 Å². The smallest absolute Gasteiger partial charge is 0.223 e. The first-order chi connectivity index (χ1) is 11.2. The van der Waals surface area contributed by atoms with Gasteiger partial charge in [-0.3, -0.25) is 4.79 Å². The Morgan fingerprint density at radius 3 is 2.61 bits per heavy atom. The van der Waals surface area contributed by atoms with Gasteiger partial charge in [0.2, 0.25) is 5.91 Å². The molecule has 2 heteroatoms. The average Bonchev–Trinajstić information content (AvgIpc) is 2.57. The zero-order chi connectivity index (χ0) is 16.5. The number of nitrogens with one attached hydrogen (secondary N) is 1. The molecule has 1 aromatic carbocycles. The van der Waals surface area contributed by atoms with Gasteiger partial charge in [0.1, 0.15) is 0 Å². The van der Waals surface area contributed by atoms with Crippen molar-refractivity contribution in [3.05, 3.63) is 35.4 Å². The van der Waals surface area contributed by atoms with Crippen molar-refractivity contribution in [3.8, 4) is 0 Å². The minimum Gasteiger partial charge on any atom is -0.353 e. The van der Waals surface area contributed by atoms with Gasteiger partial charge in [0, 0.05) is 12.0 Å².